The van der Waals surface area contributed by atoms with Crippen molar-refractivity contribution in [3.8, 4) is 11.5 Å². The van der Waals surface area contributed by atoms with E-state index in [1.165, 1.54) is 29.9 Å². The van der Waals surface area contributed by atoms with E-state index in [9.17, 15) is 4.79 Å². The van der Waals surface area contributed by atoms with Crippen molar-refractivity contribution in [1.29, 1.82) is 0 Å². The number of carbonyl (C=O) groups excluding carboxylic acids is 1. The molecule has 0 atom stereocenters. The van der Waals surface area contributed by atoms with E-state index >= 15 is 0 Å². The second-order valence-corrected chi connectivity index (χ2v) is 8.34. The fourth-order valence-electron chi connectivity index (χ4n) is 3.84. The molecule has 0 radical (unpaired) electrons. The Morgan fingerprint density at radius 2 is 1.97 bits per heavy atom. The van der Waals surface area contributed by atoms with Gasteiger partial charge in [0, 0.05) is 43.3 Å². The molecule has 4 rings (SSSR count). The number of para-hydroxylation sites is 1. The topological polar surface area (TPSA) is 54.9 Å². The van der Waals surface area contributed by atoms with Crippen LogP contribution in [-0.4, -0.2) is 43.0 Å². The van der Waals surface area contributed by atoms with Crippen LogP contribution in [0.1, 0.15) is 34.5 Å². The number of hydrogen-bond acceptors (Lipinski definition) is 6. The molecule has 1 aliphatic heterocycles. The van der Waals surface area contributed by atoms with Gasteiger partial charge < -0.3 is 19.3 Å². The molecule has 6 nitrogen and oxygen atoms in total. The van der Waals surface area contributed by atoms with E-state index in [1.807, 2.05) is 18.5 Å². The minimum atomic E-state index is -0.0550. The fourth-order valence-corrected chi connectivity index (χ4v) is 4.38. The van der Waals surface area contributed by atoms with Crippen molar-refractivity contribution in [1.82, 2.24) is 9.88 Å². The minimum absolute atomic E-state index is 0.0550. The van der Waals surface area contributed by atoms with Crippen LogP contribution in [0, 0.1) is 0 Å². The number of ether oxygens (including phenoxy) is 2. The van der Waals surface area contributed by atoms with Crippen molar-refractivity contribution in [2.45, 2.75) is 26.0 Å². The average molecular weight is 438 g/mol. The summed E-state index contributed by atoms with van der Waals surface area (Å²) in [6, 6.07) is 13.7. The summed E-state index contributed by atoms with van der Waals surface area (Å²) in [5.41, 5.74) is 5.59. The summed E-state index contributed by atoms with van der Waals surface area (Å²) in [6.45, 7) is 3.07. The molecule has 1 saturated heterocycles. The van der Waals surface area contributed by atoms with Crippen LogP contribution < -0.4 is 14.4 Å². The molecule has 1 fully saturated rings. The number of benzene rings is 2. The third-order valence-corrected chi connectivity index (χ3v) is 6.10. The van der Waals surface area contributed by atoms with Crippen molar-refractivity contribution in [2.24, 2.45) is 0 Å². The first-order valence-corrected chi connectivity index (χ1v) is 11.4. The van der Waals surface area contributed by atoms with E-state index in [0.717, 1.165) is 24.3 Å². The number of aromatic nitrogens is 1. The number of anilines is 1. The lowest BCUT2D eigenvalue weighted by Gasteiger charge is -2.24. The zero-order valence-corrected chi connectivity index (χ0v) is 18.7. The normalized spacial score (nSPS) is 13.3. The highest BCUT2D eigenvalue weighted by molar-refractivity contribution is 7.07. The number of thiazole rings is 1. The Kier molecular flexibility index (Phi) is 6.72. The number of nitrogens with zero attached hydrogens (tertiary/aromatic N) is 3. The van der Waals surface area contributed by atoms with Gasteiger partial charge in [0.25, 0.3) is 5.91 Å². The van der Waals surface area contributed by atoms with Gasteiger partial charge in [-0.3, -0.25) is 4.79 Å². The lowest BCUT2D eigenvalue weighted by Crippen LogP contribution is -2.28. The molecular weight excluding hydrogens is 410 g/mol. The van der Waals surface area contributed by atoms with E-state index in [2.05, 4.69) is 28.1 Å². The quantitative estimate of drug-likeness (QED) is 0.515. The molecule has 0 unspecified atom stereocenters. The zero-order chi connectivity index (χ0) is 21.6. The van der Waals surface area contributed by atoms with Gasteiger partial charge in [-0.2, -0.15) is 0 Å². The van der Waals surface area contributed by atoms with Crippen LogP contribution in [0.2, 0.25) is 0 Å². The van der Waals surface area contributed by atoms with E-state index in [-0.39, 0.29) is 5.91 Å². The number of hydrogen-bond donors (Lipinski definition) is 0. The first kappa shape index (κ1) is 21.2. The van der Waals surface area contributed by atoms with Crippen LogP contribution in [0.5, 0.6) is 11.5 Å². The van der Waals surface area contributed by atoms with Crippen LogP contribution in [0.3, 0.4) is 0 Å². The average Bonchev–Trinajstić information content (AvgIpc) is 3.52. The first-order chi connectivity index (χ1) is 15.2. The van der Waals surface area contributed by atoms with Crippen LogP contribution in [-0.2, 0) is 13.2 Å². The third kappa shape index (κ3) is 4.99. The maximum atomic E-state index is 13.1. The SMILES string of the molecule is COc1cc(C(=O)N(C)Cc2ccccc2N2CCCC2)ccc1OCc1cscn1. The Morgan fingerprint density at radius 3 is 2.71 bits per heavy atom. The lowest BCUT2D eigenvalue weighted by atomic mass is 10.1. The summed E-state index contributed by atoms with van der Waals surface area (Å²) in [5, 5.41) is 1.94. The summed E-state index contributed by atoms with van der Waals surface area (Å²) >= 11 is 1.53. The number of rotatable bonds is 8. The molecule has 0 N–H and O–H groups in total. The maximum Gasteiger partial charge on any atom is 0.254 e. The van der Waals surface area contributed by atoms with Gasteiger partial charge in [-0.1, -0.05) is 18.2 Å². The van der Waals surface area contributed by atoms with E-state index in [4.69, 9.17) is 9.47 Å². The molecule has 1 aromatic heterocycles. The van der Waals surface area contributed by atoms with Crippen molar-refractivity contribution in [3.63, 3.8) is 0 Å². The van der Waals surface area contributed by atoms with Crippen LogP contribution in [0.15, 0.2) is 53.4 Å². The van der Waals surface area contributed by atoms with E-state index < -0.39 is 0 Å². The molecule has 2 heterocycles. The van der Waals surface area contributed by atoms with Gasteiger partial charge in [-0.15, -0.1) is 11.3 Å². The fraction of sp³-hybridized carbons (Fsp3) is 0.333. The number of carbonyl (C=O) groups is 1. The molecule has 0 bridgehead atoms. The smallest absolute Gasteiger partial charge is 0.254 e. The second-order valence-electron chi connectivity index (χ2n) is 7.62. The molecule has 0 spiro atoms. The molecule has 0 saturated carbocycles. The monoisotopic (exact) mass is 437 g/mol. The highest BCUT2D eigenvalue weighted by atomic mass is 32.1. The molecular formula is C24H27N3O3S. The Bertz CT molecular complexity index is 1020. The van der Waals surface area contributed by atoms with Gasteiger partial charge in [0.05, 0.1) is 18.3 Å². The van der Waals surface area contributed by atoms with Gasteiger partial charge in [-0.05, 0) is 42.7 Å². The van der Waals surface area contributed by atoms with Gasteiger partial charge >= 0.3 is 0 Å². The predicted molar refractivity (Wildman–Crippen MR) is 123 cm³/mol. The van der Waals surface area contributed by atoms with Crippen molar-refractivity contribution in [2.75, 3.05) is 32.1 Å². The Balaban J connectivity index is 1.46. The number of methoxy groups -OCH3 is 1. The van der Waals surface area contributed by atoms with Gasteiger partial charge in [0.15, 0.2) is 11.5 Å². The summed E-state index contributed by atoms with van der Waals surface area (Å²) in [4.78, 5) is 21.5. The molecule has 1 aliphatic rings. The van der Waals surface area contributed by atoms with Crippen molar-refractivity contribution >= 4 is 22.9 Å². The van der Waals surface area contributed by atoms with Crippen LogP contribution >= 0.6 is 11.3 Å². The van der Waals surface area contributed by atoms with Crippen LogP contribution in [0.4, 0.5) is 5.69 Å². The molecule has 3 aromatic rings. The molecule has 31 heavy (non-hydrogen) atoms. The second kappa shape index (κ2) is 9.83. The van der Waals surface area contributed by atoms with Crippen LogP contribution in [0.25, 0.3) is 0 Å². The molecule has 1 amide bonds. The van der Waals surface area contributed by atoms with E-state index in [0.29, 0.717) is 30.2 Å². The van der Waals surface area contributed by atoms with Gasteiger partial charge in [0.2, 0.25) is 0 Å². The molecule has 162 valence electrons. The van der Waals surface area contributed by atoms with Crippen molar-refractivity contribution in [3.05, 3.63) is 70.2 Å². The summed E-state index contributed by atoms with van der Waals surface area (Å²) in [7, 11) is 3.41. The molecule has 2 aromatic carbocycles. The Labute approximate surface area is 187 Å². The summed E-state index contributed by atoms with van der Waals surface area (Å²) in [5.74, 6) is 1.07. The third-order valence-electron chi connectivity index (χ3n) is 5.46. The minimum Gasteiger partial charge on any atom is -0.493 e. The number of amides is 1. The lowest BCUT2D eigenvalue weighted by molar-refractivity contribution is 0.0785. The molecule has 7 heteroatoms. The predicted octanol–water partition coefficient (Wildman–Crippen LogP) is 4.60. The Morgan fingerprint density at radius 1 is 1.16 bits per heavy atom. The highest BCUT2D eigenvalue weighted by Gasteiger charge is 2.19. The Hall–Kier alpha value is -3.06. The maximum absolute atomic E-state index is 13.1. The highest BCUT2D eigenvalue weighted by Crippen LogP contribution is 2.30. The largest absolute Gasteiger partial charge is 0.493 e. The van der Waals surface area contributed by atoms with Gasteiger partial charge in [-0.25, -0.2) is 4.98 Å². The standard InChI is InChI=1S/C24H27N3O3S/c1-26(14-19-7-3-4-8-21(19)27-11-5-6-12-27)24(28)18-9-10-22(23(13-18)29-2)30-15-20-16-31-17-25-20/h3-4,7-10,13,16-17H,5-6,11-12,14-15H2,1-2H3. The summed E-state index contributed by atoms with van der Waals surface area (Å²) in [6.07, 6.45) is 2.44. The van der Waals surface area contributed by atoms with Crippen molar-refractivity contribution < 1.29 is 14.3 Å². The summed E-state index contributed by atoms with van der Waals surface area (Å²) < 4.78 is 11.3. The zero-order valence-electron chi connectivity index (χ0n) is 17.9. The van der Waals surface area contributed by atoms with E-state index in [1.54, 1.807) is 35.7 Å². The molecule has 0 aliphatic carbocycles. The first-order valence-electron chi connectivity index (χ1n) is 10.4. The van der Waals surface area contributed by atoms with Gasteiger partial charge in [0.1, 0.15) is 6.61 Å².